The van der Waals surface area contributed by atoms with Gasteiger partial charge in [0.2, 0.25) is 0 Å². The van der Waals surface area contributed by atoms with Crippen LogP contribution in [-0.4, -0.2) is 38.5 Å². The third-order valence-electron chi connectivity index (χ3n) is 3.96. The molecule has 0 bridgehead atoms. The van der Waals surface area contributed by atoms with Crippen LogP contribution in [0.15, 0.2) is 24.3 Å². The summed E-state index contributed by atoms with van der Waals surface area (Å²) in [5.74, 6) is 0. The number of hydrogen-bond donors (Lipinski definition) is 1. The SMILES string of the molecule is CCOC1CC(NCCc2ccccc2C)C1OC. The average molecular weight is 263 g/mol. The first-order chi connectivity index (χ1) is 9.26. The highest BCUT2D eigenvalue weighted by Gasteiger charge is 2.41. The summed E-state index contributed by atoms with van der Waals surface area (Å²) in [5, 5.41) is 3.58. The van der Waals surface area contributed by atoms with Crippen LogP contribution < -0.4 is 5.32 Å². The predicted molar refractivity (Wildman–Crippen MR) is 77.5 cm³/mol. The lowest BCUT2D eigenvalue weighted by Gasteiger charge is -2.43. The minimum atomic E-state index is 0.205. The molecule has 0 amide bonds. The van der Waals surface area contributed by atoms with Gasteiger partial charge in [-0.2, -0.15) is 0 Å². The van der Waals surface area contributed by atoms with Gasteiger partial charge in [-0.05, 0) is 44.4 Å². The largest absolute Gasteiger partial charge is 0.377 e. The standard InChI is InChI=1S/C16H25NO2/c1-4-19-15-11-14(16(15)18-3)17-10-9-13-8-6-5-7-12(13)2/h5-8,14-17H,4,9-11H2,1-3H3. The molecule has 2 rings (SSSR count). The van der Waals surface area contributed by atoms with Crippen LogP contribution in [0.1, 0.15) is 24.5 Å². The summed E-state index contributed by atoms with van der Waals surface area (Å²) >= 11 is 0. The lowest BCUT2D eigenvalue weighted by Crippen LogP contribution is -2.60. The van der Waals surface area contributed by atoms with Gasteiger partial charge >= 0.3 is 0 Å². The Hall–Kier alpha value is -0.900. The fourth-order valence-electron chi connectivity index (χ4n) is 2.76. The van der Waals surface area contributed by atoms with Gasteiger partial charge in [0.25, 0.3) is 0 Å². The van der Waals surface area contributed by atoms with E-state index < -0.39 is 0 Å². The molecule has 0 radical (unpaired) electrons. The van der Waals surface area contributed by atoms with Crippen LogP contribution in [-0.2, 0) is 15.9 Å². The minimum Gasteiger partial charge on any atom is -0.377 e. The minimum absolute atomic E-state index is 0.205. The maximum absolute atomic E-state index is 5.63. The molecule has 3 atom stereocenters. The van der Waals surface area contributed by atoms with Crippen molar-refractivity contribution in [3.05, 3.63) is 35.4 Å². The molecule has 3 unspecified atom stereocenters. The summed E-state index contributed by atoms with van der Waals surface area (Å²) in [4.78, 5) is 0. The van der Waals surface area contributed by atoms with Crippen molar-refractivity contribution in [2.24, 2.45) is 0 Å². The molecular formula is C16H25NO2. The van der Waals surface area contributed by atoms with Crippen molar-refractivity contribution in [2.75, 3.05) is 20.3 Å². The van der Waals surface area contributed by atoms with Gasteiger partial charge in [0.05, 0.1) is 12.2 Å². The number of methoxy groups -OCH3 is 1. The lowest BCUT2D eigenvalue weighted by atomic mass is 9.85. The summed E-state index contributed by atoms with van der Waals surface area (Å²) in [7, 11) is 1.77. The van der Waals surface area contributed by atoms with E-state index >= 15 is 0 Å². The fourth-order valence-corrected chi connectivity index (χ4v) is 2.76. The van der Waals surface area contributed by atoms with Crippen LogP contribution in [0.5, 0.6) is 0 Å². The van der Waals surface area contributed by atoms with E-state index in [9.17, 15) is 0 Å². The van der Waals surface area contributed by atoms with E-state index in [0.717, 1.165) is 26.0 Å². The molecule has 1 fully saturated rings. The number of rotatable bonds is 7. The normalized spacial score (nSPS) is 26.2. The maximum atomic E-state index is 5.63. The topological polar surface area (TPSA) is 30.5 Å². The van der Waals surface area contributed by atoms with Gasteiger partial charge in [-0.25, -0.2) is 0 Å². The summed E-state index contributed by atoms with van der Waals surface area (Å²) in [6.07, 6.45) is 2.60. The second-order valence-electron chi connectivity index (χ2n) is 5.17. The van der Waals surface area contributed by atoms with E-state index in [1.807, 2.05) is 6.92 Å². The Bertz CT molecular complexity index is 394. The van der Waals surface area contributed by atoms with E-state index in [2.05, 4.69) is 36.5 Å². The highest BCUT2D eigenvalue weighted by Crippen LogP contribution is 2.26. The monoisotopic (exact) mass is 263 g/mol. The number of ether oxygens (including phenoxy) is 2. The molecule has 0 aliphatic heterocycles. The Morgan fingerprint density at radius 1 is 1.32 bits per heavy atom. The highest BCUT2D eigenvalue weighted by atomic mass is 16.5. The maximum Gasteiger partial charge on any atom is 0.0986 e. The highest BCUT2D eigenvalue weighted by molar-refractivity contribution is 5.25. The Balaban J connectivity index is 1.73. The second kappa shape index (κ2) is 7.04. The second-order valence-corrected chi connectivity index (χ2v) is 5.17. The van der Waals surface area contributed by atoms with Gasteiger partial charge in [0.15, 0.2) is 0 Å². The van der Waals surface area contributed by atoms with E-state index in [1.165, 1.54) is 11.1 Å². The van der Waals surface area contributed by atoms with Crippen LogP contribution in [0.2, 0.25) is 0 Å². The molecule has 1 saturated carbocycles. The van der Waals surface area contributed by atoms with Crippen molar-refractivity contribution in [3.63, 3.8) is 0 Å². The summed E-state index contributed by atoms with van der Waals surface area (Å²) < 4.78 is 11.1. The number of nitrogens with one attached hydrogen (secondary N) is 1. The van der Waals surface area contributed by atoms with Gasteiger partial charge < -0.3 is 14.8 Å². The Morgan fingerprint density at radius 2 is 2.11 bits per heavy atom. The van der Waals surface area contributed by atoms with E-state index in [1.54, 1.807) is 7.11 Å². The van der Waals surface area contributed by atoms with Gasteiger partial charge in [-0.1, -0.05) is 24.3 Å². The van der Waals surface area contributed by atoms with Gasteiger partial charge in [0, 0.05) is 19.8 Å². The molecule has 3 heteroatoms. The van der Waals surface area contributed by atoms with Crippen molar-refractivity contribution in [2.45, 2.75) is 44.9 Å². The van der Waals surface area contributed by atoms with Crippen molar-refractivity contribution in [3.8, 4) is 0 Å². The number of hydrogen-bond acceptors (Lipinski definition) is 3. The molecule has 1 aliphatic rings. The Kier molecular flexibility index (Phi) is 5.37. The average Bonchev–Trinajstić information content (AvgIpc) is 2.39. The molecule has 3 nitrogen and oxygen atoms in total. The fraction of sp³-hybridized carbons (Fsp3) is 0.625. The van der Waals surface area contributed by atoms with Crippen LogP contribution in [0.25, 0.3) is 0 Å². The summed E-state index contributed by atoms with van der Waals surface area (Å²) in [6, 6.07) is 9.00. The van der Waals surface area contributed by atoms with Crippen molar-refractivity contribution in [1.82, 2.24) is 5.32 Å². The molecule has 1 aromatic carbocycles. The first-order valence-corrected chi connectivity index (χ1v) is 7.18. The van der Waals surface area contributed by atoms with Crippen molar-refractivity contribution in [1.29, 1.82) is 0 Å². The lowest BCUT2D eigenvalue weighted by molar-refractivity contribution is -0.131. The van der Waals surface area contributed by atoms with Crippen molar-refractivity contribution < 1.29 is 9.47 Å². The number of aryl methyl sites for hydroxylation is 1. The third-order valence-corrected chi connectivity index (χ3v) is 3.96. The quantitative estimate of drug-likeness (QED) is 0.819. The van der Waals surface area contributed by atoms with E-state index in [4.69, 9.17) is 9.47 Å². The zero-order valence-corrected chi connectivity index (χ0v) is 12.2. The summed E-state index contributed by atoms with van der Waals surface area (Å²) in [5.41, 5.74) is 2.79. The number of benzene rings is 1. The third kappa shape index (κ3) is 3.56. The van der Waals surface area contributed by atoms with Gasteiger partial charge in [-0.15, -0.1) is 0 Å². The smallest absolute Gasteiger partial charge is 0.0986 e. The van der Waals surface area contributed by atoms with Gasteiger partial charge in [0.1, 0.15) is 0 Å². The Labute approximate surface area is 116 Å². The van der Waals surface area contributed by atoms with Crippen LogP contribution in [0.4, 0.5) is 0 Å². The summed E-state index contributed by atoms with van der Waals surface area (Å²) in [6.45, 7) is 5.96. The Morgan fingerprint density at radius 3 is 2.79 bits per heavy atom. The van der Waals surface area contributed by atoms with Crippen LogP contribution in [0.3, 0.4) is 0 Å². The molecule has 19 heavy (non-hydrogen) atoms. The predicted octanol–water partition coefficient (Wildman–Crippen LogP) is 2.32. The molecule has 0 spiro atoms. The molecule has 0 aromatic heterocycles. The van der Waals surface area contributed by atoms with Gasteiger partial charge in [-0.3, -0.25) is 0 Å². The zero-order valence-electron chi connectivity index (χ0n) is 12.2. The molecule has 1 aromatic rings. The van der Waals surface area contributed by atoms with Crippen LogP contribution >= 0.6 is 0 Å². The van der Waals surface area contributed by atoms with Crippen LogP contribution in [0, 0.1) is 6.92 Å². The van der Waals surface area contributed by atoms with E-state index in [-0.39, 0.29) is 12.2 Å². The molecule has 1 N–H and O–H groups in total. The van der Waals surface area contributed by atoms with Crippen molar-refractivity contribution >= 4 is 0 Å². The zero-order chi connectivity index (χ0) is 13.7. The first-order valence-electron chi connectivity index (χ1n) is 7.18. The molecule has 1 aliphatic carbocycles. The molecule has 0 heterocycles. The first kappa shape index (κ1) is 14.5. The molecular weight excluding hydrogens is 238 g/mol. The molecule has 0 saturated heterocycles. The molecule has 106 valence electrons. The van der Waals surface area contributed by atoms with E-state index in [0.29, 0.717) is 6.04 Å².